The van der Waals surface area contributed by atoms with Gasteiger partial charge in [-0.2, -0.15) is 0 Å². The molecule has 17 heavy (non-hydrogen) atoms. The molecule has 0 spiro atoms. The zero-order valence-corrected chi connectivity index (χ0v) is 12.1. The first kappa shape index (κ1) is 14.3. The number of carbonyl (C=O) groups excluding carboxylic acids is 2. The molecule has 1 saturated carbocycles. The number of hydrogen-bond acceptors (Lipinski definition) is 4. The van der Waals surface area contributed by atoms with E-state index in [0.717, 1.165) is 0 Å². The molecule has 0 unspecified atom stereocenters. The van der Waals surface area contributed by atoms with E-state index in [9.17, 15) is 9.59 Å². The Balaban J connectivity index is 2.64. The van der Waals surface area contributed by atoms with Gasteiger partial charge in [-0.25, -0.2) is 9.59 Å². The summed E-state index contributed by atoms with van der Waals surface area (Å²) < 4.78 is 9.84. The minimum Gasteiger partial charge on any atom is -0.467 e. The van der Waals surface area contributed by atoms with E-state index in [2.05, 4.69) is 21.2 Å². The van der Waals surface area contributed by atoms with Crippen LogP contribution >= 0.6 is 15.9 Å². The molecular formula is C11H18BrNO4. The van der Waals surface area contributed by atoms with Gasteiger partial charge in [0.25, 0.3) is 0 Å². The molecule has 1 N–H and O–H groups in total. The van der Waals surface area contributed by atoms with Crippen LogP contribution in [0.15, 0.2) is 0 Å². The van der Waals surface area contributed by atoms with E-state index in [1.54, 1.807) is 20.8 Å². The summed E-state index contributed by atoms with van der Waals surface area (Å²) >= 11 is 3.30. The number of esters is 1. The van der Waals surface area contributed by atoms with E-state index in [1.807, 2.05) is 0 Å². The van der Waals surface area contributed by atoms with E-state index in [0.29, 0.717) is 11.8 Å². The molecule has 0 heterocycles. The van der Waals surface area contributed by atoms with E-state index < -0.39 is 23.2 Å². The van der Waals surface area contributed by atoms with Gasteiger partial charge in [0, 0.05) is 11.2 Å². The van der Waals surface area contributed by atoms with Gasteiger partial charge in [-0.15, -0.1) is 0 Å². The Labute approximate surface area is 109 Å². The molecule has 0 aromatic heterocycles. The Bertz CT molecular complexity index is 326. The smallest absolute Gasteiger partial charge is 0.408 e. The maximum absolute atomic E-state index is 11.7. The average Bonchev–Trinajstić information content (AvgIpc) is 2.88. The van der Waals surface area contributed by atoms with Crippen molar-refractivity contribution < 1.29 is 19.1 Å². The molecule has 0 aromatic carbocycles. The highest BCUT2D eigenvalue weighted by molar-refractivity contribution is 9.09. The first-order valence-corrected chi connectivity index (χ1v) is 6.53. The standard InChI is InChI=1S/C11H18BrNO4/c1-10(2,3)17-9(15)13-11(8(14)16-4)5-7(11)6-12/h7H,5-6H2,1-4H3,(H,13,15)/t7-,11+/m1/s1. The molecule has 0 aromatic rings. The van der Waals surface area contributed by atoms with Gasteiger partial charge in [-0.05, 0) is 27.2 Å². The summed E-state index contributed by atoms with van der Waals surface area (Å²) in [6, 6.07) is 0. The van der Waals surface area contributed by atoms with Crippen LogP contribution in [0.4, 0.5) is 4.79 Å². The van der Waals surface area contributed by atoms with Gasteiger partial charge in [-0.1, -0.05) is 15.9 Å². The lowest BCUT2D eigenvalue weighted by Gasteiger charge is -2.23. The molecule has 0 saturated heterocycles. The first-order chi connectivity index (χ1) is 7.75. The van der Waals surface area contributed by atoms with Crippen molar-refractivity contribution in [2.45, 2.75) is 38.3 Å². The van der Waals surface area contributed by atoms with Crippen molar-refractivity contribution in [3.63, 3.8) is 0 Å². The molecule has 0 bridgehead atoms. The Morgan fingerprint density at radius 3 is 2.41 bits per heavy atom. The van der Waals surface area contributed by atoms with Crippen molar-refractivity contribution in [1.29, 1.82) is 0 Å². The summed E-state index contributed by atoms with van der Waals surface area (Å²) in [6.07, 6.45) is -0.0178. The first-order valence-electron chi connectivity index (χ1n) is 5.40. The summed E-state index contributed by atoms with van der Waals surface area (Å²) in [5.41, 5.74) is -1.50. The number of ether oxygens (including phenoxy) is 2. The highest BCUT2D eigenvalue weighted by atomic mass is 79.9. The topological polar surface area (TPSA) is 64.6 Å². The zero-order chi connectivity index (χ0) is 13.3. The number of carbonyl (C=O) groups is 2. The Morgan fingerprint density at radius 1 is 1.47 bits per heavy atom. The van der Waals surface area contributed by atoms with E-state index >= 15 is 0 Å². The van der Waals surface area contributed by atoms with Gasteiger partial charge in [0.1, 0.15) is 11.1 Å². The van der Waals surface area contributed by atoms with Crippen LogP contribution in [0.25, 0.3) is 0 Å². The molecule has 6 heteroatoms. The molecule has 98 valence electrons. The van der Waals surface area contributed by atoms with Crippen LogP contribution in [-0.4, -0.2) is 35.6 Å². The molecule has 5 nitrogen and oxygen atoms in total. The Morgan fingerprint density at radius 2 is 2.06 bits per heavy atom. The highest BCUT2D eigenvalue weighted by Crippen LogP contribution is 2.45. The molecule has 1 rings (SSSR count). The predicted octanol–water partition coefficient (Wildman–Crippen LogP) is 1.84. The second-order valence-corrected chi connectivity index (χ2v) is 5.79. The van der Waals surface area contributed by atoms with Crippen molar-refractivity contribution >= 4 is 28.0 Å². The van der Waals surface area contributed by atoms with Gasteiger partial charge in [0.15, 0.2) is 0 Å². The van der Waals surface area contributed by atoms with Gasteiger partial charge in [0.2, 0.25) is 0 Å². The second-order valence-electron chi connectivity index (χ2n) is 5.15. The van der Waals surface area contributed by atoms with Crippen LogP contribution in [0.3, 0.4) is 0 Å². The fourth-order valence-corrected chi connectivity index (χ4v) is 2.42. The minimum absolute atomic E-state index is 0.0578. The predicted molar refractivity (Wildman–Crippen MR) is 66.0 cm³/mol. The highest BCUT2D eigenvalue weighted by Gasteiger charge is 2.62. The minimum atomic E-state index is -0.916. The summed E-state index contributed by atoms with van der Waals surface area (Å²) in [5, 5.41) is 3.25. The van der Waals surface area contributed by atoms with E-state index in [-0.39, 0.29) is 5.92 Å². The van der Waals surface area contributed by atoms with Gasteiger partial charge in [0.05, 0.1) is 7.11 Å². The lowest BCUT2D eigenvalue weighted by atomic mass is 10.2. The van der Waals surface area contributed by atoms with E-state index in [1.165, 1.54) is 7.11 Å². The van der Waals surface area contributed by atoms with Crippen molar-refractivity contribution in [3.05, 3.63) is 0 Å². The monoisotopic (exact) mass is 307 g/mol. The lowest BCUT2D eigenvalue weighted by molar-refractivity contribution is -0.144. The maximum Gasteiger partial charge on any atom is 0.408 e. The number of halogens is 1. The normalized spacial score (nSPS) is 27.2. The van der Waals surface area contributed by atoms with Crippen LogP contribution in [0.1, 0.15) is 27.2 Å². The number of rotatable bonds is 3. The van der Waals surface area contributed by atoms with Crippen molar-refractivity contribution in [1.82, 2.24) is 5.32 Å². The Kier molecular flexibility index (Phi) is 4.06. The van der Waals surface area contributed by atoms with Crippen LogP contribution in [0.2, 0.25) is 0 Å². The summed E-state index contributed by atoms with van der Waals surface area (Å²) in [4.78, 5) is 23.3. The van der Waals surface area contributed by atoms with Crippen molar-refractivity contribution in [3.8, 4) is 0 Å². The quantitative estimate of drug-likeness (QED) is 0.638. The number of amides is 1. The third kappa shape index (κ3) is 3.34. The maximum atomic E-state index is 11.7. The molecule has 0 radical (unpaired) electrons. The number of alkyl carbamates (subject to hydrolysis) is 1. The number of methoxy groups -OCH3 is 1. The summed E-state index contributed by atoms with van der Waals surface area (Å²) in [5.74, 6) is -0.365. The SMILES string of the molecule is COC(=O)[C@]1(NC(=O)OC(C)(C)C)C[C@@H]1CBr. The van der Waals surface area contributed by atoms with Crippen molar-refractivity contribution in [2.75, 3.05) is 12.4 Å². The van der Waals surface area contributed by atoms with Gasteiger partial charge in [-0.3, -0.25) is 0 Å². The van der Waals surface area contributed by atoms with Gasteiger partial charge < -0.3 is 14.8 Å². The van der Waals surface area contributed by atoms with Crippen LogP contribution in [0.5, 0.6) is 0 Å². The Hall–Kier alpha value is -0.780. The average molecular weight is 308 g/mol. The van der Waals surface area contributed by atoms with Crippen molar-refractivity contribution in [2.24, 2.45) is 5.92 Å². The van der Waals surface area contributed by atoms with Crippen LogP contribution in [0, 0.1) is 5.92 Å². The number of nitrogens with one attached hydrogen (secondary N) is 1. The number of alkyl halides is 1. The lowest BCUT2D eigenvalue weighted by Crippen LogP contribution is -2.47. The molecular weight excluding hydrogens is 290 g/mol. The molecule has 1 aliphatic rings. The fourth-order valence-electron chi connectivity index (χ4n) is 1.64. The van der Waals surface area contributed by atoms with Crippen LogP contribution in [-0.2, 0) is 14.3 Å². The second kappa shape index (κ2) is 4.84. The fraction of sp³-hybridized carbons (Fsp3) is 0.818. The summed E-state index contributed by atoms with van der Waals surface area (Å²) in [7, 11) is 1.31. The third-order valence-electron chi connectivity index (χ3n) is 2.57. The molecule has 1 fully saturated rings. The van der Waals surface area contributed by atoms with E-state index in [4.69, 9.17) is 9.47 Å². The third-order valence-corrected chi connectivity index (χ3v) is 3.35. The van der Waals surface area contributed by atoms with Gasteiger partial charge >= 0.3 is 12.1 Å². The zero-order valence-electron chi connectivity index (χ0n) is 10.5. The molecule has 0 aliphatic heterocycles. The molecule has 2 atom stereocenters. The molecule has 1 amide bonds. The summed E-state index contributed by atoms with van der Waals surface area (Å²) in [6.45, 7) is 5.31. The molecule has 1 aliphatic carbocycles. The van der Waals surface area contributed by atoms with Crippen LogP contribution < -0.4 is 5.32 Å². The number of hydrogen-bond donors (Lipinski definition) is 1. The largest absolute Gasteiger partial charge is 0.467 e.